The third-order valence-electron chi connectivity index (χ3n) is 2.75. The predicted octanol–water partition coefficient (Wildman–Crippen LogP) is 4.55. The first-order valence-electron chi connectivity index (χ1n) is 6.94. The van der Waals surface area contributed by atoms with E-state index < -0.39 is 12.1 Å². The van der Waals surface area contributed by atoms with Crippen LogP contribution in [0.4, 0.5) is 26.7 Å². The molecule has 0 radical (unpaired) electrons. The normalized spacial score (nSPS) is 9.83. The third kappa shape index (κ3) is 5.52. The molecule has 0 aliphatic rings. The van der Waals surface area contributed by atoms with E-state index in [-0.39, 0.29) is 0 Å². The second-order valence-corrected chi connectivity index (χ2v) is 4.95. The second kappa shape index (κ2) is 8.05. The van der Waals surface area contributed by atoms with Gasteiger partial charge in [-0.15, -0.1) is 0 Å². The number of hydrogen-bond donors (Lipinski definition) is 3. The fourth-order valence-corrected chi connectivity index (χ4v) is 1.97. The molecule has 2 aromatic carbocycles. The Morgan fingerprint density at radius 2 is 1.57 bits per heavy atom. The van der Waals surface area contributed by atoms with E-state index in [4.69, 9.17) is 16.3 Å². The van der Waals surface area contributed by atoms with Crippen molar-refractivity contribution < 1.29 is 14.3 Å². The Labute approximate surface area is 138 Å². The van der Waals surface area contributed by atoms with Gasteiger partial charge in [0.25, 0.3) is 0 Å². The quantitative estimate of drug-likeness (QED) is 0.767. The van der Waals surface area contributed by atoms with E-state index >= 15 is 0 Å². The minimum atomic E-state index is -0.521. The zero-order chi connectivity index (χ0) is 16.7. The fourth-order valence-electron chi connectivity index (χ4n) is 1.78. The summed E-state index contributed by atoms with van der Waals surface area (Å²) in [6.07, 6.45) is -0.521. The van der Waals surface area contributed by atoms with Gasteiger partial charge < -0.3 is 15.4 Å². The van der Waals surface area contributed by atoms with E-state index in [9.17, 15) is 9.59 Å². The van der Waals surface area contributed by atoms with Crippen LogP contribution in [0.2, 0.25) is 5.02 Å². The number of hydrogen-bond acceptors (Lipinski definition) is 3. The molecular weight excluding hydrogens is 318 g/mol. The monoisotopic (exact) mass is 333 g/mol. The molecule has 3 N–H and O–H groups in total. The van der Waals surface area contributed by atoms with Crippen LogP contribution in [0, 0.1) is 0 Å². The van der Waals surface area contributed by atoms with E-state index in [1.54, 1.807) is 55.5 Å². The summed E-state index contributed by atoms with van der Waals surface area (Å²) >= 11 is 5.85. The van der Waals surface area contributed by atoms with Crippen LogP contribution in [0.25, 0.3) is 0 Å². The number of urea groups is 1. The Bertz CT molecular complexity index is 689. The van der Waals surface area contributed by atoms with Gasteiger partial charge in [-0.1, -0.05) is 17.7 Å². The molecule has 2 aromatic rings. The van der Waals surface area contributed by atoms with Gasteiger partial charge in [0.05, 0.1) is 6.61 Å². The zero-order valence-electron chi connectivity index (χ0n) is 12.4. The molecule has 0 aromatic heterocycles. The van der Waals surface area contributed by atoms with Gasteiger partial charge >= 0.3 is 12.1 Å². The first-order chi connectivity index (χ1) is 11.1. The summed E-state index contributed by atoms with van der Waals surface area (Å²) in [5.74, 6) is 0. The summed E-state index contributed by atoms with van der Waals surface area (Å²) in [5, 5.41) is 8.45. The molecule has 0 atom stereocenters. The van der Waals surface area contributed by atoms with Gasteiger partial charge in [0.2, 0.25) is 0 Å². The molecular formula is C16H16ClN3O3. The van der Waals surface area contributed by atoms with Crippen molar-refractivity contribution in [2.75, 3.05) is 22.6 Å². The van der Waals surface area contributed by atoms with Crippen molar-refractivity contribution in [3.05, 3.63) is 53.6 Å². The Balaban J connectivity index is 1.90. The van der Waals surface area contributed by atoms with Gasteiger partial charge in [-0.3, -0.25) is 5.32 Å². The average Bonchev–Trinajstić information content (AvgIpc) is 2.49. The Kier molecular flexibility index (Phi) is 5.82. The first kappa shape index (κ1) is 16.6. The summed E-state index contributed by atoms with van der Waals surface area (Å²) in [6.45, 7) is 2.03. The minimum Gasteiger partial charge on any atom is -0.450 e. The van der Waals surface area contributed by atoms with E-state index in [0.29, 0.717) is 28.7 Å². The summed E-state index contributed by atoms with van der Waals surface area (Å²) < 4.78 is 4.78. The number of amides is 3. The molecule has 6 nitrogen and oxygen atoms in total. The van der Waals surface area contributed by atoms with Crippen molar-refractivity contribution in [1.82, 2.24) is 0 Å². The number of carbonyl (C=O) groups is 2. The molecule has 0 saturated carbocycles. The van der Waals surface area contributed by atoms with Crippen LogP contribution in [-0.4, -0.2) is 18.7 Å². The SMILES string of the molecule is CCOC(=O)Nc1ccc(NC(=O)Nc2cccc(Cl)c2)cc1. The maximum absolute atomic E-state index is 11.9. The molecule has 7 heteroatoms. The number of anilines is 3. The maximum Gasteiger partial charge on any atom is 0.411 e. The standard InChI is InChI=1S/C16H16ClN3O3/c1-2-23-16(22)20-13-8-6-12(7-9-13)18-15(21)19-14-5-3-4-11(17)10-14/h3-10H,2H2,1H3,(H,20,22)(H2,18,19,21). The Hall–Kier alpha value is -2.73. The van der Waals surface area contributed by atoms with Gasteiger partial charge in [0.15, 0.2) is 0 Å². The Morgan fingerprint density at radius 1 is 0.957 bits per heavy atom. The lowest BCUT2D eigenvalue weighted by molar-refractivity contribution is 0.168. The molecule has 0 unspecified atom stereocenters. The van der Waals surface area contributed by atoms with Crippen LogP contribution in [0.1, 0.15) is 6.92 Å². The fraction of sp³-hybridized carbons (Fsp3) is 0.125. The van der Waals surface area contributed by atoms with Crippen LogP contribution in [0.15, 0.2) is 48.5 Å². The lowest BCUT2D eigenvalue weighted by atomic mass is 10.3. The van der Waals surface area contributed by atoms with Crippen molar-refractivity contribution in [2.24, 2.45) is 0 Å². The van der Waals surface area contributed by atoms with Crippen LogP contribution >= 0.6 is 11.6 Å². The highest BCUT2D eigenvalue weighted by Gasteiger charge is 2.05. The number of benzene rings is 2. The number of nitrogens with one attached hydrogen (secondary N) is 3. The van der Waals surface area contributed by atoms with Crippen LogP contribution < -0.4 is 16.0 Å². The van der Waals surface area contributed by atoms with Crippen molar-refractivity contribution in [2.45, 2.75) is 6.92 Å². The second-order valence-electron chi connectivity index (χ2n) is 4.51. The molecule has 0 aliphatic carbocycles. The lowest BCUT2D eigenvalue weighted by Gasteiger charge is -2.09. The average molecular weight is 334 g/mol. The van der Waals surface area contributed by atoms with Crippen molar-refractivity contribution >= 4 is 40.8 Å². The van der Waals surface area contributed by atoms with E-state index in [2.05, 4.69) is 16.0 Å². The van der Waals surface area contributed by atoms with E-state index in [0.717, 1.165) is 0 Å². The minimum absolute atomic E-state index is 0.301. The van der Waals surface area contributed by atoms with Gasteiger partial charge in [0, 0.05) is 22.1 Å². The van der Waals surface area contributed by atoms with Crippen LogP contribution in [0.5, 0.6) is 0 Å². The molecule has 3 amide bonds. The number of rotatable bonds is 4. The van der Waals surface area contributed by atoms with Crippen LogP contribution in [-0.2, 0) is 4.74 Å². The molecule has 0 saturated heterocycles. The molecule has 0 spiro atoms. The van der Waals surface area contributed by atoms with E-state index in [1.165, 1.54) is 0 Å². The molecule has 0 heterocycles. The van der Waals surface area contributed by atoms with Crippen molar-refractivity contribution in [3.63, 3.8) is 0 Å². The Morgan fingerprint density at radius 3 is 2.17 bits per heavy atom. The van der Waals surface area contributed by atoms with Gasteiger partial charge in [-0.05, 0) is 49.4 Å². The van der Waals surface area contributed by atoms with E-state index in [1.807, 2.05) is 0 Å². The first-order valence-corrected chi connectivity index (χ1v) is 7.32. The maximum atomic E-state index is 11.9. The molecule has 0 aliphatic heterocycles. The summed E-state index contributed by atoms with van der Waals surface area (Å²) in [4.78, 5) is 23.2. The largest absolute Gasteiger partial charge is 0.450 e. The summed E-state index contributed by atoms with van der Waals surface area (Å²) in [7, 11) is 0. The molecule has 0 fully saturated rings. The highest BCUT2D eigenvalue weighted by Crippen LogP contribution is 2.17. The summed E-state index contributed by atoms with van der Waals surface area (Å²) in [5.41, 5.74) is 1.75. The molecule has 23 heavy (non-hydrogen) atoms. The molecule has 120 valence electrons. The van der Waals surface area contributed by atoms with Crippen molar-refractivity contribution in [3.8, 4) is 0 Å². The van der Waals surface area contributed by atoms with Gasteiger partial charge in [-0.2, -0.15) is 0 Å². The topological polar surface area (TPSA) is 79.5 Å². The lowest BCUT2D eigenvalue weighted by Crippen LogP contribution is -2.19. The smallest absolute Gasteiger partial charge is 0.411 e. The molecule has 0 bridgehead atoms. The molecule has 2 rings (SSSR count). The summed E-state index contributed by atoms with van der Waals surface area (Å²) in [6, 6.07) is 13.1. The highest BCUT2D eigenvalue weighted by atomic mass is 35.5. The van der Waals surface area contributed by atoms with Crippen LogP contribution in [0.3, 0.4) is 0 Å². The van der Waals surface area contributed by atoms with Gasteiger partial charge in [-0.25, -0.2) is 9.59 Å². The van der Waals surface area contributed by atoms with Crippen molar-refractivity contribution in [1.29, 1.82) is 0 Å². The third-order valence-corrected chi connectivity index (χ3v) is 2.98. The zero-order valence-corrected chi connectivity index (χ0v) is 13.2. The predicted molar refractivity (Wildman–Crippen MR) is 91.2 cm³/mol. The van der Waals surface area contributed by atoms with Gasteiger partial charge in [0.1, 0.15) is 0 Å². The number of carbonyl (C=O) groups excluding carboxylic acids is 2. The number of halogens is 1. The highest BCUT2D eigenvalue weighted by molar-refractivity contribution is 6.30. The number of ether oxygens (including phenoxy) is 1.